The fraction of sp³-hybridized carbons (Fsp3) is 0.926. The topological polar surface area (TPSA) is 41.5 Å². The molecule has 3 nitrogen and oxygen atoms in total. The van der Waals surface area contributed by atoms with Gasteiger partial charge in [0.25, 0.3) is 0 Å². The molecule has 6 rings (SSSR count). The minimum absolute atomic E-state index is 0.0439. The number of fused-ring (bicyclic) bond motifs is 7. The Balaban J connectivity index is 1.28. The maximum atomic E-state index is 10.3. The van der Waals surface area contributed by atoms with Crippen LogP contribution in [0.4, 0.5) is 0 Å². The van der Waals surface area contributed by atoms with Crippen LogP contribution >= 0.6 is 0 Å². The molecule has 2 saturated heterocycles. The molecule has 0 aromatic rings. The van der Waals surface area contributed by atoms with Gasteiger partial charge < -0.3 is 9.84 Å². The van der Waals surface area contributed by atoms with E-state index < -0.39 is 0 Å². The minimum Gasteiger partial charge on any atom is -0.393 e. The first-order valence-corrected chi connectivity index (χ1v) is 13.1. The highest BCUT2D eigenvalue weighted by Crippen LogP contribution is 2.70. The van der Waals surface area contributed by atoms with E-state index in [1.165, 1.54) is 44.9 Å². The molecule has 0 unspecified atom stereocenters. The average Bonchev–Trinajstić information content (AvgIpc) is 3.16. The average molecular weight is 414 g/mol. The molecule has 5 fully saturated rings. The van der Waals surface area contributed by atoms with Crippen molar-refractivity contribution in [3.8, 4) is 0 Å². The van der Waals surface area contributed by atoms with Crippen molar-refractivity contribution in [3.05, 3.63) is 11.6 Å². The molecule has 2 N–H and O–H groups in total. The van der Waals surface area contributed by atoms with E-state index >= 15 is 0 Å². The number of hydrogen-bond acceptors (Lipinski definition) is 3. The monoisotopic (exact) mass is 413 g/mol. The van der Waals surface area contributed by atoms with Gasteiger partial charge in [-0.1, -0.05) is 39.3 Å². The van der Waals surface area contributed by atoms with Gasteiger partial charge in [0, 0.05) is 12.5 Å². The van der Waals surface area contributed by atoms with Crippen molar-refractivity contribution in [2.45, 2.75) is 103 Å². The molecule has 30 heavy (non-hydrogen) atoms. The zero-order chi connectivity index (χ0) is 20.9. The number of hydrogen-bond donors (Lipinski definition) is 2. The summed E-state index contributed by atoms with van der Waals surface area (Å²) in [5.74, 6) is 4.58. The molecule has 0 aromatic heterocycles. The van der Waals surface area contributed by atoms with E-state index in [0.717, 1.165) is 49.0 Å². The molecule has 0 amide bonds. The molecule has 3 saturated carbocycles. The third-order valence-corrected chi connectivity index (χ3v) is 11.6. The van der Waals surface area contributed by atoms with E-state index in [1.807, 2.05) is 0 Å². The first-order valence-electron chi connectivity index (χ1n) is 13.1. The third kappa shape index (κ3) is 2.55. The summed E-state index contributed by atoms with van der Waals surface area (Å²) < 4.78 is 7.00. The van der Waals surface area contributed by atoms with Gasteiger partial charge in [0.15, 0.2) is 0 Å². The highest BCUT2D eigenvalue weighted by Gasteiger charge is 2.68. The zero-order valence-corrected chi connectivity index (χ0v) is 19.6. The Hall–Kier alpha value is -0.380. The van der Waals surface area contributed by atoms with E-state index in [-0.39, 0.29) is 11.8 Å². The lowest BCUT2D eigenvalue weighted by atomic mass is 9.47. The second kappa shape index (κ2) is 6.58. The van der Waals surface area contributed by atoms with Crippen LogP contribution in [0.3, 0.4) is 0 Å². The van der Waals surface area contributed by atoms with Crippen LogP contribution in [0.25, 0.3) is 0 Å². The quantitative estimate of drug-likeness (QED) is 0.530. The zero-order valence-electron chi connectivity index (χ0n) is 19.6. The lowest BCUT2D eigenvalue weighted by molar-refractivity contribution is -0.115. The van der Waals surface area contributed by atoms with Gasteiger partial charge in [-0.25, -0.2) is 0 Å². The van der Waals surface area contributed by atoms with Crippen molar-refractivity contribution < 1.29 is 9.84 Å². The number of allylic oxidation sites excluding steroid dienone is 1. The van der Waals surface area contributed by atoms with Gasteiger partial charge in [-0.05, 0) is 98.2 Å². The summed E-state index contributed by atoms with van der Waals surface area (Å²) in [6, 6.07) is 0. The molecule has 11 atom stereocenters. The van der Waals surface area contributed by atoms with Gasteiger partial charge in [0.1, 0.15) is 5.72 Å². The van der Waals surface area contributed by atoms with E-state index in [2.05, 4.69) is 39.1 Å². The van der Waals surface area contributed by atoms with Crippen LogP contribution in [0, 0.1) is 46.3 Å². The summed E-state index contributed by atoms with van der Waals surface area (Å²) in [6.45, 7) is 11.2. The molecule has 3 heteroatoms. The number of aliphatic hydroxyl groups excluding tert-OH is 1. The van der Waals surface area contributed by atoms with Gasteiger partial charge >= 0.3 is 0 Å². The van der Waals surface area contributed by atoms with Crippen LogP contribution in [0.5, 0.6) is 0 Å². The van der Waals surface area contributed by atoms with E-state index in [9.17, 15) is 5.11 Å². The Morgan fingerprint density at radius 3 is 2.67 bits per heavy atom. The highest BCUT2D eigenvalue weighted by molar-refractivity contribution is 5.26. The molecule has 4 aliphatic carbocycles. The molecule has 1 spiro atoms. The second-order valence-corrected chi connectivity index (χ2v) is 12.8. The summed E-state index contributed by atoms with van der Waals surface area (Å²) in [5.41, 5.74) is 2.33. The second-order valence-electron chi connectivity index (χ2n) is 12.8. The van der Waals surface area contributed by atoms with Crippen LogP contribution in [0.2, 0.25) is 0 Å². The number of rotatable bonds is 0. The largest absolute Gasteiger partial charge is 0.393 e. The normalized spacial score (nSPS) is 59.8. The number of nitrogens with one attached hydrogen (secondary N) is 1. The van der Waals surface area contributed by atoms with Gasteiger partial charge in [-0.15, -0.1) is 0 Å². The number of aliphatic hydroxyl groups is 1. The van der Waals surface area contributed by atoms with Gasteiger partial charge in [-0.3, -0.25) is 5.32 Å². The standard InChI is InChI=1S/C27H43NO2/c1-16-7-12-27(28-15-16)17(2)24-23(30-27)14-22-20-6-5-18-13-19(29)8-10-25(18,3)21(20)9-11-26(22,24)4/h5,16-17,19-24,28-29H,6-15H2,1-4H3/t16-,17+,19+,20+,21-,22+,23+,24-,25+,26+,27-/m1/s1. The molecule has 6 aliphatic rings. The number of ether oxygens (including phenoxy) is 1. The minimum atomic E-state index is -0.100. The van der Waals surface area contributed by atoms with Crippen molar-refractivity contribution in [2.24, 2.45) is 46.3 Å². The van der Waals surface area contributed by atoms with Crippen molar-refractivity contribution in [1.82, 2.24) is 5.32 Å². The number of piperidine rings is 1. The Bertz CT molecular complexity index is 739. The Labute approximate surface area is 183 Å². The molecule has 0 bridgehead atoms. The van der Waals surface area contributed by atoms with Crippen LogP contribution in [0.15, 0.2) is 11.6 Å². The summed E-state index contributed by atoms with van der Waals surface area (Å²) in [7, 11) is 0. The first kappa shape index (κ1) is 20.2. The smallest absolute Gasteiger partial charge is 0.122 e. The van der Waals surface area contributed by atoms with E-state index in [0.29, 0.717) is 22.9 Å². The van der Waals surface area contributed by atoms with Crippen LogP contribution in [-0.4, -0.2) is 29.6 Å². The fourth-order valence-corrected chi connectivity index (χ4v) is 9.84. The van der Waals surface area contributed by atoms with Crippen molar-refractivity contribution in [2.75, 3.05) is 6.54 Å². The van der Waals surface area contributed by atoms with Crippen molar-refractivity contribution in [1.29, 1.82) is 0 Å². The molecule has 168 valence electrons. The van der Waals surface area contributed by atoms with E-state index in [4.69, 9.17) is 4.74 Å². The molecule has 2 heterocycles. The summed E-state index contributed by atoms with van der Waals surface area (Å²) >= 11 is 0. The summed E-state index contributed by atoms with van der Waals surface area (Å²) in [4.78, 5) is 0. The lowest BCUT2D eigenvalue weighted by Gasteiger charge is -2.58. The third-order valence-electron chi connectivity index (χ3n) is 11.6. The Morgan fingerprint density at radius 2 is 1.90 bits per heavy atom. The Morgan fingerprint density at radius 1 is 1.07 bits per heavy atom. The SMILES string of the molecule is C[C@@H]1CC[C@@]2(NC1)O[C@H]1C[C@H]3[C@H]4CC=C5C[C@@H](O)CC[C@]5(C)[C@@H]4CC[C@]3(C)[C@@H]1[C@@H]2C. The molecular formula is C27H43NO2. The molecule has 0 radical (unpaired) electrons. The lowest BCUT2D eigenvalue weighted by Crippen LogP contribution is -2.57. The van der Waals surface area contributed by atoms with Crippen molar-refractivity contribution >= 4 is 0 Å². The van der Waals surface area contributed by atoms with Crippen molar-refractivity contribution in [3.63, 3.8) is 0 Å². The maximum absolute atomic E-state index is 10.3. The molecule has 0 aromatic carbocycles. The van der Waals surface area contributed by atoms with Gasteiger partial charge in [0.2, 0.25) is 0 Å². The van der Waals surface area contributed by atoms with Crippen LogP contribution < -0.4 is 5.32 Å². The fourth-order valence-electron chi connectivity index (χ4n) is 9.84. The Kier molecular flexibility index (Phi) is 4.44. The molecular weight excluding hydrogens is 370 g/mol. The summed E-state index contributed by atoms with van der Waals surface area (Å²) in [5, 5.41) is 14.1. The predicted octanol–water partition coefficient (Wildman–Crippen LogP) is 5.29. The molecule has 2 aliphatic heterocycles. The predicted molar refractivity (Wildman–Crippen MR) is 120 cm³/mol. The van der Waals surface area contributed by atoms with Gasteiger partial charge in [0.05, 0.1) is 12.2 Å². The highest BCUT2D eigenvalue weighted by atomic mass is 16.5. The first-order chi connectivity index (χ1) is 14.3. The van der Waals surface area contributed by atoms with Crippen LogP contribution in [-0.2, 0) is 4.74 Å². The van der Waals surface area contributed by atoms with Crippen LogP contribution in [0.1, 0.15) is 85.5 Å². The van der Waals surface area contributed by atoms with E-state index in [1.54, 1.807) is 5.57 Å². The van der Waals surface area contributed by atoms with Gasteiger partial charge in [-0.2, -0.15) is 0 Å². The maximum Gasteiger partial charge on any atom is 0.122 e. The summed E-state index contributed by atoms with van der Waals surface area (Å²) in [6.07, 6.45) is 13.8.